The van der Waals surface area contributed by atoms with Crippen LogP contribution < -0.4 is 10.1 Å². The molecule has 1 aliphatic heterocycles. The fourth-order valence-electron chi connectivity index (χ4n) is 3.19. The van der Waals surface area contributed by atoms with Crippen LogP contribution in [0.2, 0.25) is 5.02 Å². The molecule has 0 aromatic heterocycles. The molecule has 4 heteroatoms. The Hall–Kier alpha value is -0.770. The Labute approximate surface area is 133 Å². The van der Waals surface area contributed by atoms with Crippen molar-refractivity contribution in [1.29, 1.82) is 0 Å². The number of methoxy groups -OCH3 is 1. The van der Waals surface area contributed by atoms with E-state index in [0.717, 1.165) is 49.8 Å². The van der Waals surface area contributed by atoms with E-state index in [2.05, 4.69) is 24.1 Å². The predicted molar refractivity (Wildman–Crippen MR) is 89.2 cm³/mol. The lowest BCUT2D eigenvalue weighted by atomic mass is 9.92. The fraction of sp³-hybridized carbons (Fsp3) is 0.647. The average molecular weight is 311 g/mol. The summed E-state index contributed by atoms with van der Waals surface area (Å²) in [6, 6.07) is 5.87. The highest BCUT2D eigenvalue weighted by molar-refractivity contribution is 6.30. The van der Waals surface area contributed by atoms with Crippen LogP contribution in [-0.2, 0) is 6.54 Å². The van der Waals surface area contributed by atoms with Crippen molar-refractivity contribution in [2.24, 2.45) is 0 Å². The highest BCUT2D eigenvalue weighted by atomic mass is 35.5. The standard InChI is InChI=1S/C17H27ClN2O/c1-4-17(5-2)13-20(10-6-9-19-17)12-14-11-15(18)7-8-16(14)21-3/h7-8,11,19H,4-6,9-10,12-13H2,1-3H3. The minimum Gasteiger partial charge on any atom is -0.496 e. The molecule has 0 bridgehead atoms. The molecule has 2 rings (SSSR count). The van der Waals surface area contributed by atoms with Crippen molar-refractivity contribution in [1.82, 2.24) is 10.2 Å². The first kappa shape index (κ1) is 16.6. The van der Waals surface area contributed by atoms with Crippen LogP contribution >= 0.6 is 11.6 Å². The van der Waals surface area contributed by atoms with E-state index >= 15 is 0 Å². The van der Waals surface area contributed by atoms with Crippen molar-refractivity contribution in [2.75, 3.05) is 26.7 Å². The third-order valence-electron chi connectivity index (χ3n) is 4.67. The lowest BCUT2D eigenvalue weighted by Crippen LogP contribution is -2.50. The largest absolute Gasteiger partial charge is 0.496 e. The normalized spacial score (nSPS) is 19.2. The summed E-state index contributed by atoms with van der Waals surface area (Å²) in [6.45, 7) is 8.75. The van der Waals surface area contributed by atoms with Crippen molar-refractivity contribution < 1.29 is 4.74 Å². The molecule has 1 aliphatic rings. The third kappa shape index (κ3) is 4.12. The molecule has 118 valence electrons. The number of benzene rings is 1. The third-order valence-corrected chi connectivity index (χ3v) is 4.90. The monoisotopic (exact) mass is 310 g/mol. The van der Waals surface area contributed by atoms with Crippen LogP contribution in [0.3, 0.4) is 0 Å². The van der Waals surface area contributed by atoms with Gasteiger partial charge in [-0.2, -0.15) is 0 Å². The van der Waals surface area contributed by atoms with Gasteiger partial charge >= 0.3 is 0 Å². The van der Waals surface area contributed by atoms with Gasteiger partial charge in [0.1, 0.15) is 5.75 Å². The van der Waals surface area contributed by atoms with E-state index in [0.29, 0.717) is 0 Å². The molecule has 0 amide bonds. The molecule has 1 aromatic rings. The zero-order chi connectivity index (χ0) is 15.3. The zero-order valence-corrected chi connectivity index (χ0v) is 14.2. The van der Waals surface area contributed by atoms with Gasteiger partial charge in [0.2, 0.25) is 0 Å². The van der Waals surface area contributed by atoms with Gasteiger partial charge in [0.15, 0.2) is 0 Å². The Morgan fingerprint density at radius 3 is 2.76 bits per heavy atom. The van der Waals surface area contributed by atoms with E-state index < -0.39 is 0 Å². The number of halogens is 1. The maximum Gasteiger partial charge on any atom is 0.123 e. The second-order valence-electron chi connectivity index (χ2n) is 5.93. The van der Waals surface area contributed by atoms with Crippen LogP contribution in [0.5, 0.6) is 5.75 Å². The molecule has 21 heavy (non-hydrogen) atoms. The Balaban J connectivity index is 2.16. The van der Waals surface area contributed by atoms with E-state index in [9.17, 15) is 0 Å². The number of nitrogens with one attached hydrogen (secondary N) is 1. The Morgan fingerprint density at radius 1 is 1.33 bits per heavy atom. The highest BCUT2D eigenvalue weighted by Crippen LogP contribution is 2.26. The quantitative estimate of drug-likeness (QED) is 0.897. The van der Waals surface area contributed by atoms with Crippen molar-refractivity contribution in [3.05, 3.63) is 28.8 Å². The summed E-state index contributed by atoms with van der Waals surface area (Å²) in [7, 11) is 1.72. The second-order valence-corrected chi connectivity index (χ2v) is 6.37. The van der Waals surface area contributed by atoms with Crippen LogP contribution in [0.1, 0.15) is 38.7 Å². The second kappa shape index (κ2) is 7.48. The molecule has 0 saturated carbocycles. The number of hydrogen-bond acceptors (Lipinski definition) is 3. The lowest BCUT2D eigenvalue weighted by molar-refractivity contribution is 0.189. The van der Waals surface area contributed by atoms with E-state index in [4.69, 9.17) is 16.3 Å². The summed E-state index contributed by atoms with van der Waals surface area (Å²) < 4.78 is 5.48. The number of rotatable bonds is 5. The van der Waals surface area contributed by atoms with Gasteiger partial charge in [-0.1, -0.05) is 25.4 Å². The van der Waals surface area contributed by atoms with Gasteiger partial charge in [-0.15, -0.1) is 0 Å². The summed E-state index contributed by atoms with van der Waals surface area (Å²) >= 11 is 6.15. The summed E-state index contributed by atoms with van der Waals surface area (Å²) in [6.07, 6.45) is 3.50. The number of ether oxygens (including phenoxy) is 1. The van der Waals surface area contributed by atoms with Crippen molar-refractivity contribution >= 4 is 11.6 Å². The summed E-state index contributed by atoms with van der Waals surface area (Å²) in [5.74, 6) is 0.926. The molecular weight excluding hydrogens is 284 g/mol. The fourth-order valence-corrected chi connectivity index (χ4v) is 3.38. The van der Waals surface area contributed by atoms with Gasteiger partial charge in [-0.05, 0) is 50.6 Å². The van der Waals surface area contributed by atoms with Gasteiger partial charge in [-0.25, -0.2) is 0 Å². The Morgan fingerprint density at radius 2 is 2.10 bits per heavy atom. The molecule has 0 spiro atoms. The van der Waals surface area contributed by atoms with Crippen molar-refractivity contribution in [3.63, 3.8) is 0 Å². The van der Waals surface area contributed by atoms with Crippen LogP contribution in [0.25, 0.3) is 0 Å². The van der Waals surface area contributed by atoms with E-state index in [1.54, 1.807) is 7.11 Å². The first-order valence-electron chi connectivity index (χ1n) is 7.92. The molecular formula is C17H27ClN2O. The van der Waals surface area contributed by atoms with Gasteiger partial charge in [-0.3, -0.25) is 4.90 Å². The Bertz CT molecular complexity index is 460. The molecule has 1 fully saturated rings. The maximum atomic E-state index is 6.15. The zero-order valence-electron chi connectivity index (χ0n) is 13.4. The van der Waals surface area contributed by atoms with Crippen LogP contribution in [0.4, 0.5) is 0 Å². The van der Waals surface area contributed by atoms with Gasteiger partial charge in [0, 0.05) is 29.2 Å². The molecule has 3 nitrogen and oxygen atoms in total. The minimum atomic E-state index is 0.238. The molecule has 1 aromatic carbocycles. The van der Waals surface area contributed by atoms with Crippen LogP contribution in [0, 0.1) is 0 Å². The maximum absolute atomic E-state index is 6.15. The van der Waals surface area contributed by atoms with E-state index in [-0.39, 0.29) is 5.54 Å². The van der Waals surface area contributed by atoms with Crippen LogP contribution in [-0.4, -0.2) is 37.2 Å². The topological polar surface area (TPSA) is 24.5 Å². The lowest BCUT2D eigenvalue weighted by Gasteiger charge is -2.35. The highest BCUT2D eigenvalue weighted by Gasteiger charge is 2.30. The van der Waals surface area contributed by atoms with Gasteiger partial charge in [0.05, 0.1) is 7.11 Å². The summed E-state index contributed by atoms with van der Waals surface area (Å²) in [4.78, 5) is 2.53. The van der Waals surface area contributed by atoms with Crippen molar-refractivity contribution in [3.8, 4) is 5.75 Å². The van der Waals surface area contributed by atoms with Crippen molar-refractivity contribution in [2.45, 2.75) is 45.2 Å². The van der Waals surface area contributed by atoms with E-state index in [1.807, 2.05) is 18.2 Å². The van der Waals surface area contributed by atoms with Crippen LogP contribution in [0.15, 0.2) is 18.2 Å². The first-order valence-corrected chi connectivity index (χ1v) is 8.30. The molecule has 1 saturated heterocycles. The molecule has 0 atom stereocenters. The molecule has 0 aliphatic carbocycles. The van der Waals surface area contributed by atoms with E-state index in [1.165, 1.54) is 12.0 Å². The van der Waals surface area contributed by atoms with Gasteiger partial charge in [0.25, 0.3) is 0 Å². The molecule has 0 radical (unpaired) electrons. The average Bonchev–Trinajstić information content (AvgIpc) is 2.70. The smallest absolute Gasteiger partial charge is 0.123 e. The molecule has 0 unspecified atom stereocenters. The first-order chi connectivity index (χ1) is 10.1. The summed E-state index contributed by atoms with van der Waals surface area (Å²) in [5, 5.41) is 4.53. The Kier molecular flexibility index (Phi) is 5.91. The SMILES string of the molecule is CCC1(CC)CN(Cc2cc(Cl)ccc2OC)CCCN1. The summed E-state index contributed by atoms with van der Waals surface area (Å²) in [5.41, 5.74) is 1.41. The minimum absolute atomic E-state index is 0.238. The number of hydrogen-bond donors (Lipinski definition) is 1. The van der Waals surface area contributed by atoms with Gasteiger partial charge < -0.3 is 10.1 Å². The molecule has 1 N–H and O–H groups in total. The molecule has 1 heterocycles. The number of nitrogens with zero attached hydrogens (tertiary/aromatic N) is 1. The predicted octanol–water partition coefficient (Wildman–Crippen LogP) is 3.70.